The van der Waals surface area contributed by atoms with Gasteiger partial charge in [0.25, 0.3) is 5.91 Å². The fraction of sp³-hybridized carbons (Fsp3) is 0.735. The van der Waals surface area contributed by atoms with Crippen molar-refractivity contribution in [2.24, 2.45) is 22.7 Å². The summed E-state index contributed by atoms with van der Waals surface area (Å²) in [7, 11) is 0. The smallest absolute Gasteiger partial charge is 0.315 e. The van der Waals surface area contributed by atoms with Gasteiger partial charge in [-0.1, -0.05) is 66.9 Å². The molecule has 10 nitrogen and oxygen atoms in total. The second-order valence-electron chi connectivity index (χ2n) is 14.4. The van der Waals surface area contributed by atoms with Gasteiger partial charge in [0.2, 0.25) is 17.6 Å². The van der Waals surface area contributed by atoms with Gasteiger partial charge in [-0.15, -0.1) is 18.9 Å². The number of carbonyl (C=O) groups excluding carboxylic acids is 5. The Morgan fingerprint density at radius 1 is 1.11 bits per heavy atom. The molecule has 0 aromatic rings. The number of amides is 5. The minimum atomic E-state index is -1.13. The lowest BCUT2D eigenvalue weighted by molar-refractivity contribution is -0.145. The fourth-order valence-electron chi connectivity index (χ4n) is 7.03. The van der Waals surface area contributed by atoms with Gasteiger partial charge in [-0.2, -0.15) is 11.8 Å². The fourth-order valence-corrected chi connectivity index (χ4v) is 7.99. The van der Waals surface area contributed by atoms with E-state index in [-0.39, 0.29) is 54.1 Å². The van der Waals surface area contributed by atoms with E-state index in [1.54, 1.807) is 16.7 Å². The first-order valence-corrected chi connectivity index (χ1v) is 17.4. The van der Waals surface area contributed by atoms with Crippen molar-refractivity contribution in [3.8, 4) is 12.3 Å². The number of nitrogens with one attached hydrogen (secondary N) is 4. The Hall–Kier alpha value is -3.00. The van der Waals surface area contributed by atoms with Crippen molar-refractivity contribution in [1.29, 1.82) is 0 Å². The predicted octanol–water partition coefficient (Wildman–Crippen LogP) is 3.41. The SMILES string of the molecule is C#CCCC(NC(=O)[C@@H]1[C@@H]2C(CN1C(=O)[C@@H](NC(=O)NC1(CSCC)CCCCC1)C(C)(C)C)C2(C)C)C(=O)C(=O)NCC=C. The first-order chi connectivity index (χ1) is 21.1. The van der Waals surface area contributed by atoms with E-state index in [4.69, 9.17) is 6.42 Å². The third-order valence-electron chi connectivity index (χ3n) is 9.76. The number of rotatable bonds is 14. The summed E-state index contributed by atoms with van der Waals surface area (Å²) in [5, 5.41) is 11.5. The third-order valence-corrected chi connectivity index (χ3v) is 10.9. The maximum atomic E-state index is 14.3. The minimum absolute atomic E-state index is 0.0884. The van der Waals surface area contributed by atoms with Gasteiger partial charge < -0.3 is 26.2 Å². The van der Waals surface area contributed by atoms with Gasteiger partial charge in [0, 0.05) is 25.3 Å². The Balaban J connectivity index is 1.82. The average Bonchev–Trinajstić information content (AvgIpc) is 3.29. The van der Waals surface area contributed by atoms with Gasteiger partial charge in [-0.05, 0) is 47.7 Å². The van der Waals surface area contributed by atoms with Crippen molar-refractivity contribution in [3.05, 3.63) is 12.7 Å². The van der Waals surface area contributed by atoms with Crippen LogP contribution in [0.5, 0.6) is 0 Å². The number of hydrogen-bond acceptors (Lipinski definition) is 6. The molecule has 11 heteroatoms. The van der Waals surface area contributed by atoms with Crippen LogP contribution in [0.15, 0.2) is 12.7 Å². The molecule has 2 aliphatic carbocycles. The van der Waals surface area contributed by atoms with Gasteiger partial charge in [-0.3, -0.25) is 19.2 Å². The molecule has 0 aromatic carbocycles. The van der Waals surface area contributed by atoms with Crippen LogP contribution in [0.25, 0.3) is 0 Å². The summed E-state index contributed by atoms with van der Waals surface area (Å²) in [6, 6.07) is -3.25. The Morgan fingerprint density at radius 3 is 2.36 bits per heavy atom. The molecule has 0 spiro atoms. The van der Waals surface area contributed by atoms with Crippen LogP contribution in [-0.2, 0) is 19.2 Å². The zero-order valence-electron chi connectivity index (χ0n) is 27.9. The second-order valence-corrected chi connectivity index (χ2v) is 15.7. The largest absolute Gasteiger partial charge is 0.346 e. The molecule has 3 fully saturated rings. The van der Waals surface area contributed by atoms with Crippen LogP contribution < -0.4 is 21.3 Å². The van der Waals surface area contributed by atoms with Gasteiger partial charge >= 0.3 is 6.03 Å². The van der Waals surface area contributed by atoms with E-state index in [0.29, 0.717) is 6.54 Å². The first-order valence-electron chi connectivity index (χ1n) is 16.3. The normalized spacial score (nSPS) is 24.2. The van der Waals surface area contributed by atoms with E-state index in [1.807, 2.05) is 20.8 Å². The second kappa shape index (κ2) is 15.1. The lowest BCUT2D eigenvalue weighted by Gasteiger charge is -2.40. The molecule has 5 atom stereocenters. The van der Waals surface area contributed by atoms with Crippen molar-refractivity contribution in [1.82, 2.24) is 26.2 Å². The van der Waals surface area contributed by atoms with E-state index in [9.17, 15) is 24.0 Å². The summed E-state index contributed by atoms with van der Waals surface area (Å²) in [6.07, 6.45) is 12.2. The zero-order valence-corrected chi connectivity index (χ0v) is 28.7. The van der Waals surface area contributed by atoms with Crippen LogP contribution in [0.2, 0.25) is 0 Å². The summed E-state index contributed by atoms with van der Waals surface area (Å²) in [5.41, 5.74) is -1.14. The Kier molecular flexibility index (Phi) is 12.2. The lowest BCUT2D eigenvalue weighted by Crippen LogP contribution is -2.63. The number of ketones is 1. The number of nitrogens with zero attached hydrogens (tertiary/aromatic N) is 1. The van der Waals surface area contributed by atoms with Crippen LogP contribution >= 0.6 is 11.8 Å². The third kappa shape index (κ3) is 8.63. The Bertz CT molecular complexity index is 1180. The monoisotopic (exact) mass is 643 g/mol. The van der Waals surface area contributed by atoms with E-state index < -0.39 is 41.1 Å². The minimum Gasteiger partial charge on any atom is -0.346 e. The number of hydrogen-bond donors (Lipinski definition) is 4. The van der Waals surface area contributed by atoms with E-state index in [0.717, 1.165) is 43.6 Å². The molecule has 2 unspecified atom stereocenters. The van der Waals surface area contributed by atoms with Crippen molar-refractivity contribution in [2.45, 2.75) is 110 Å². The molecule has 5 amide bonds. The lowest BCUT2D eigenvalue weighted by atomic mass is 9.83. The van der Waals surface area contributed by atoms with Crippen LogP contribution in [0.4, 0.5) is 4.79 Å². The summed E-state index contributed by atoms with van der Waals surface area (Å²) < 4.78 is 0. The number of piperidine rings is 1. The molecule has 3 rings (SSSR count). The number of fused-ring (bicyclic) bond motifs is 1. The number of carbonyl (C=O) groups is 5. The van der Waals surface area contributed by atoms with Crippen molar-refractivity contribution in [3.63, 3.8) is 0 Å². The molecule has 0 bridgehead atoms. The summed E-state index contributed by atoms with van der Waals surface area (Å²) in [4.78, 5) is 68.8. The molecule has 1 saturated heterocycles. The molecular weight excluding hydrogens is 590 g/mol. The van der Waals surface area contributed by atoms with Gasteiger partial charge in [0.15, 0.2) is 0 Å². The highest BCUT2D eigenvalue weighted by Gasteiger charge is 2.70. The molecule has 2 saturated carbocycles. The van der Waals surface area contributed by atoms with Crippen molar-refractivity contribution >= 4 is 41.3 Å². The van der Waals surface area contributed by atoms with E-state index in [2.05, 4.69) is 54.5 Å². The van der Waals surface area contributed by atoms with Crippen molar-refractivity contribution in [2.75, 3.05) is 24.6 Å². The quantitative estimate of drug-likeness (QED) is 0.130. The zero-order chi connectivity index (χ0) is 33.6. The highest BCUT2D eigenvalue weighted by molar-refractivity contribution is 7.99. The summed E-state index contributed by atoms with van der Waals surface area (Å²) in [6.45, 7) is 15.9. The average molecular weight is 644 g/mol. The number of urea groups is 1. The Morgan fingerprint density at radius 2 is 1.78 bits per heavy atom. The molecule has 250 valence electrons. The van der Waals surface area contributed by atoms with E-state index in [1.165, 1.54) is 6.08 Å². The molecule has 1 heterocycles. The van der Waals surface area contributed by atoms with Crippen LogP contribution in [0.3, 0.4) is 0 Å². The van der Waals surface area contributed by atoms with Gasteiger partial charge in [0.05, 0.1) is 11.6 Å². The summed E-state index contributed by atoms with van der Waals surface area (Å²) in [5.74, 6) is 1.75. The summed E-state index contributed by atoms with van der Waals surface area (Å²) >= 11 is 1.81. The molecule has 1 aliphatic heterocycles. The molecule has 45 heavy (non-hydrogen) atoms. The molecule has 3 aliphatic rings. The van der Waals surface area contributed by atoms with Crippen molar-refractivity contribution < 1.29 is 24.0 Å². The molecular formula is C34H53N5O5S. The maximum Gasteiger partial charge on any atom is 0.315 e. The van der Waals surface area contributed by atoms with Crippen LogP contribution in [-0.4, -0.2) is 82.7 Å². The molecule has 0 radical (unpaired) electrons. The number of Topliss-reactive ketones (excluding diaryl/α,β-unsaturated/α-hetero) is 1. The topological polar surface area (TPSA) is 137 Å². The van der Waals surface area contributed by atoms with Gasteiger partial charge in [-0.25, -0.2) is 4.79 Å². The predicted molar refractivity (Wildman–Crippen MR) is 178 cm³/mol. The van der Waals surface area contributed by atoms with Crippen LogP contribution in [0.1, 0.15) is 86.5 Å². The number of thioether (sulfide) groups is 1. The molecule has 0 aromatic heterocycles. The first kappa shape index (κ1) is 36.5. The number of likely N-dealkylation sites (tertiary alicyclic amines) is 1. The van der Waals surface area contributed by atoms with Gasteiger partial charge in [0.1, 0.15) is 12.1 Å². The standard InChI is InChI=1S/C34H53N5O5S/c1-9-12-16-23(26(40)29(42)35-19-10-2)36-28(41)25-24-22(33(24,7)8)20-39(25)30(43)27(32(4,5)6)37-31(44)38-34(21-45-11-3)17-14-13-15-18-34/h1,10,22-25,27H,2,11-21H2,3-8H3,(H,35,42)(H,36,41)(H2,37,38,44)/t22?,23?,24-,25-,27+/m0/s1. The molecule has 4 N–H and O–H groups in total. The van der Waals surface area contributed by atoms with E-state index >= 15 is 0 Å². The highest BCUT2D eigenvalue weighted by atomic mass is 32.2. The Labute approximate surface area is 273 Å². The van der Waals surface area contributed by atoms with Crippen LogP contribution in [0, 0.1) is 35.0 Å². The number of terminal acetylenes is 1. The maximum absolute atomic E-state index is 14.3. The highest BCUT2D eigenvalue weighted by Crippen LogP contribution is 2.65.